The lowest BCUT2D eigenvalue weighted by Crippen LogP contribution is -2.49. The molecule has 2 aromatic carbocycles. The molecule has 0 aliphatic carbocycles. The molecule has 12 heteroatoms. The molecule has 1 saturated heterocycles. The van der Waals surface area contributed by atoms with Gasteiger partial charge in [0.05, 0.1) is 10.6 Å². The molecule has 0 bridgehead atoms. The van der Waals surface area contributed by atoms with Crippen molar-refractivity contribution in [3.05, 3.63) is 68.7 Å². The molecule has 1 amide bonds. The fourth-order valence-corrected chi connectivity index (χ4v) is 3.63. The van der Waals surface area contributed by atoms with E-state index < -0.39 is 39.9 Å². The van der Waals surface area contributed by atoms with Gasteiger partial charge in [0.2, 0.25) is 0 Å². The highest BCUT2D eigenvalue weighted by Gasteiger charge is 2.52. The second-order valence-electron chi connectivity index (χ2n) is 6.68. The summed E-state index contributed by atoms with van der Waals surface area (Å²) in [6.07, 6.45) is -6.44. The third kappa shape index (κ3) is 3.71. The number of alkyl halides is 3. The first-order valence-corrected chi connectivity index (χ1v) is 9.10. The molecule has 1 aliphatic rings. The largest absolute Gasteiger partial charge is 0.423 e. The number of aliphatic hydroxyl groups excluding tert-OH is 1. The van der Waals surface area contributed by atoms with Crippen molar-refractivity contribution in [2.45, 2.75) is 24.7 Å². The summed E-state index contributed by atoms with van der Waals surface area (Å²) < 4.78 is 39.9. The van der Waals surface area contributed by atoms with E-state index in [0.717, 1.165) is 11.0 Å². The first-order valence-electron chi connectivity index (χ1n) is 8.32. The van der Waals surface area contributed by atoms with Crippen LogP contribution in [-0.4, -0.2) is 26.6 Å². The van der Waals surface area contributed by atoms with Crippen LogP contribution >= 0.6 is 23.8 Å². The average molecular weight is 460 g/mol. The minimum atomic E-state index is -5.03. The van der Waals surface area contributed by atoms with Gasteiger partial charge in [0, 0.05) is 11.1 Å². The number of halogens is 4. The first-order chi connectivity index (χ1) is 13.9. The summed E-state index contributed by atoms with van der Waals surface area (Å²) in [5.41, 5.74) is -4.35. The molecular formula is C18H13ClF3N3O4S. The summed E-state index contributed by atoms with van der Waals surface area (Å²) in [5, 5.41) is 24.5. The Balaban J connectivity index is 2.02. The molecule has 1 aliphatic heterocycles. The average Bonchev–Trinajstić information content (AvgIpc) is 2.90. The summed E-state index contributed by atoms with van der Waals surface area (Å²) in [6, 6.07) is 8.11. The zero-order valence-corrected chi connectivity index (χ0v) is 16.7. The van der Waals surface area contributed by atoms with Crippen LogP contribution in [0.1, 0.15) is 24.2 Å². The number of hydrogen-bond acceptors (Lipinski definition) is 5. The zero-order chi connectivity index (χ0) is 22.4. The molecule has 0 saturated carbocycles. The van der Waals surface area contributed by atoms with Crippen molar-refractivity contribution in [2.24, 2.45) is 0 Å². The van der Waals surface area contributed by atoms with Crippen LogP contribution in [0, 0.1) is 10.1 Å². The van der Waals surface area contributed by atoms with Crippen molar-refractivity contribution in [3.63, 3.8) is 0 Å². The number of benzene rings is 2. The number of thiocarbonyl (C=S) groups is 1. The zero-order valence-electron chi connectivity index (χ0n) is 15.1. The van der Waals surface area contributed by atoms with Crippen molar-refractivity contribution < 1.29 is 28.0 Å². The third-order valence-electron chi connectivity index (χ3n) is 4.69. The van der Waals surface area contributed by atoms with E-state index in [1.165, 1.54) is 31.2 Å². The number of nitro benzene ring substituents is 1. The van der Waals surface area contributed by atoms with Gasteiger partial charge in [-0.05, 0) is 49.0 Å². The van der Waals surface area contributed by atoms with Crippen molar-refractivity contribution in [2.75, 3.05) is 4.90 Å². The topological polar surface area (TPSA) is 95.7 Å². The molecule has 1 fully saturated rings. The molecule has 1 heterocycles. The molecule has 2 aromatic rings. The minimum absolute atomic E-state index is 0.252. The number of nitrogens with one attached hydrogen (secondary N) is 1. The number of anilines is 1. The number of rotatable bonds is 4. The van der Waals surface area contributed by atoms with E-state index in [1.807, 2.05) is 0 Å². The van der Waals surface area contributed by atoms with Gasteiger partial charge in [0.15, 0.2) is 5.11 Å². The molecule has 3 rings (SSSR count). The molecule has 0 unspecified atom stereocenters. The maximum atomic E-state index is 13.3. The minimum Gasteiger partial charge on any atom is -0.385 e. The van der Waals surface area contributed by atoms with Crippen LogP contribution in [-0.2, 0) is 11.0 Å². The van der Waals surface area contributed by atoms with Crippen molar-refractivity contribution in [3.8, 4) is 0 Å². The lowest BCUT2D eigenvalue weighted by molar-refractivity contribution is -0.388. The highest BCUT2D eigenvalue weighted by Crippen LogP contribution is 2.40. The molecular weight excluding hydrogens is 447 g/mol. The SMILES string of the molecule is C[C@]1([C@H](O)c2ccc(Cl)cc2)NC(=S)N(c2ccc([N+](=O)[O-])c(C(F)(F)F)c2)C1=O. The Labute approximate surface area is 178 Å². The van der Waals surface area contributed by atoms with Crippen LogP contribution in [0.3, 0.4) is 0 Å². The molecule has 2 N–H and O–H groups in total. The van der Waals surface area contributed by atoms with Gasteiger partial charge in [-0.25, -0.2) is 0 Å². The standard InChI is InChI=1S/C18H13ClF3N3O4S/c1-17(14(26)9-2-4-10(19)5-3-9)15(27)24(16(30)23-17)11-6-7-13(25(28)29)12(8-11)18(20,21)22/h2-8,14,26H,1H3,(H,23,30)/t14-,17-/m1/s1. The number of nitrogens with zero attached hydrogens (tertiary/aromatic N) is 2. The Hall–Kier alpha value is -2.76. The third-order valence-corrected chi connectivity index (χ3v) is 5.23. The maximum Gasteiger partial charge on any atom is 0.423 e. The number of nitro groups is 1. The Morgan fingerprint density at radius 1 is 1.27 bits per heavy atom. The van der Waals surface area contributed by atoms with Crippen molar-refractivity contribution >= 4 is 46.2 Å². The number of aliphatic hydroxyl groups is 1. The molecule has 0 spiro atoms. The molecule has 158 valence electrons. The van der Waals surface area contributed by atoms with Gasteiger partial charge in [-0.2, -0.15) is 13.2 Å². The van der Waals surface area contributed by atoms with Crippen LogP contribution in [0.4, 0.5) is 24.5 Å². The second-order valence-corrected chi connectivity index (χ2v) is 7.51. The smallest absolute Gasteiger partial charge is 0.385 e. The summed E-state index contributed by atoms with van der Waals surface area (Å²) in [6.45, 7) is 1.34. The fourth-order valence-electron chi connectivity index (χ4n) is 3.10. The van der Waals surface area contributed by atoms with Gasteiger partial charge in [-0.1, -0.05) is 23.7 Å². The summed E-state index contributed by atoms with van der Waals surface area (Å²) in [7, 11) is 0. The lowest BCUT2D eigenvalue weighted by Gasteiger charge is -2.28. The number of amides is 1. The number of carbonyl (C=O) groups excluding carboxylic acids is 1. The van der Waals surface area contributed by atoms with E-state index in [4.69, 9.17) is 23.8 Å². The van der Waals surface area contributed by atoms with Crippen LogP contribution in [0.5, 0.6) is 0 Å². The van der Waals surface area contributed by atoms with Gasteiger partial charge in [0.25, 0.3) is 11.6 Å². The molecule has 0 aromatic heterocycles. The van der Waals surface area contributed by atoms with E-state index in [2.05, 4.69) is 5.32 Å². The normalized spacial score (nSPS) is 20.3. The van der Waals surface area contributed by atoms with Crippen LogP contribution in [0.2, 0.25) is 5.02 Å². The number of carbonyl (C=O) groups is 1. The Kier molecular flexibility index (Phi) is 5.48. The molecule has 7 nitrogen and oxygen atoms in total. The highest BCUT2D eigenvalue weighted by atomic mass is 35.5. The van der Waals surface area contributed by atoms with Crippen molar-refractivity contribution in [1.29, 1.82) is 0 Å². The summed E-state index contributed by atoms with van der Waals surface area (Å²) in [4.78, 5) is 23.6. The fraction of sp³-hybridized carbons (Fsp3) is 0.222. The second kappa shape index (κ2) is 7.49. The quantitative estimate of drug-likeness (QED) is 0.408. The lowest BCUT2D eigenvalue weighted by atomic mass is 9.89. The molecule has 0 radical (unpaired) electrons. The Morgan fingerprint density at radius 2 is 1.87 bits per heavy atom. The van der Waals surface area contributed by atoms with E-state index >= 15 is 0 Å². The van der Waals surface area contributed by atoms with E-state index in [-0.39, 0.29) is 10.8 Å². The Bertz CT molecular complexity index is 1050. The molecule has 2 atom stereocenters. The predicted molar refractivity (Wildman–Crippen MR) is 106 cm³/mol. The predicted octanol–water partition coefficient (Wildman–Crippen LogP) is 3.98. The number of hydrogen-bond donors (Lipinski definition) is 2. The maximum absolute atomic E-state index is 13.3. The van der Waals surface area contributed by atoms with Crippen molar-refractivity contribution in [1.82, 2.24) is 5.32 Å². The monoisotopic (exact) mass is 459 g/mol. The summed E-state index contributed by atoms with van der Waals surface area (Å²) >= 11 is 10.9. The molecule has 30 heavy (non-hydrogen) atoms. The van der Waals surface area contributed by atoms with Crippen LogP contribution in [0.25, 0.3) is 0 Å². The van der Waals surface area contributed by atoms with E-state index in [0.29, 0.717) is 22.7 Å². The Morgan fingerprint density at radius 3 is 2.40 bits per heavy atom. The first kappa shape index (κ1) is 21.9. The summed E-state index contributed by atoms with van der Waals surface area (Å²) in [5.74, 6) is -0.822. The highest BCUT2D eigenvalue weighted by molar-refractivity contribution is 7.80. The van der Waals surface area contributed by atoms with E-state index in [1.54, 1.807) is 0 Å². The van der Waals surface area contributed by atoms with Gasteiger partial charge in [0.1, 0.15) is 17.2 Å². The van der Waals surface area contributed by atoms with Gasteiger partial charge >= 0.3 is 6.18 Å². The van der Waals surface area contributed by atoms with Crippen LogP contribution in [0.15, 0.2) is 42.5 Å². The van der Waals surface area contributed by atoms with Crippen LogP contribution < -0.4 is 10.2 Å². The van der Waals surface area contributed by atoms with Gasteiger partial charge in [-0.3, -0.25) is 19.8 Å². The van der Waals surface area contributed by atoms with Gasteiger partial charge < -0.3 is 10.4 Å². The van der Waals surface area contributed by atoms with E-state index in [9.17, 15) is 33.2 Å². The van der Waals surface area contributed by atoms with Gasteiger partial charge in [-0.15, -0.1) is 0 Å².